The van der Waals surface area contributed by atoms with Crippen LogP contribution in [0.4, 0.5) is 11.5 Å². The molecule has 0 spiro atoms. The van der Waals surface area contributed by atoms with Crippen LogP contribution >= 0.6 is 0 Å². The molecule has 0 radical (unpaired) electrons. The number of benzene rings is 1. The molecule has 2 aliphatic heterocycles. The van der Waals surface area contributed by atoms with Crippen LogP contribution in [0, 0.1) is 12.8 Å². The zero-order chi connectivity index (χ0) is 17.7. The monoisotopic (exact) mass is 348 g/mol. The van der Waals surface area contributed by atoms with Crippen molar-refractivity contribution in [2.45, 2.75) is 39.0 Å². The SMILES string of the molecule is Cc1nc2c(c(N3CCC(C(=O)N4CCc5ccccc54)C3)n1)CCC2. The molecule has 1 saturated heterocycles. The third-order valence-electron chi connectivity index (χ3n) is 6.01. The third kappa shape index (κ3) is 2.49. The van der Waals surface area contributed by atoms with E-state index in [1.54, 1.807) is 0 Å². The highest BCUT2D eigenvalue weighted by atomic mass is 16.2. The van der Waals surface area contributed by atoms with Gasteiger partial charge in [-0.2, -0.15) is 0 Å². The smallest absolute Gasteiger partial charge is 0.231 e. The molecule has 0 N–H and O–H groups in total. The summed E-state index contributed by atoms with van der Waals surface area (Å²) in [4.78, 5) is 26.8. The van der Waals surface area contributed by atoms with Gasteiger partial charge < -0.3 is 9.80 Å². The normalized spacial score (nSPS) is 21.2. The van der Waals surface area contributed by atoms with Crippen molar-refractivity contribution in [3.05, 3.63) is 46.9 Å². The molecule has 26 heavy (non-hydrogen) atoms. The minimum absolute atomic E-state index is 0.0634. The van der Waals surface area contributed by atoms with E-state index in [9.17, 15) is 4.79 Å². The number of fused-ring (bicyclic) bond motifs is 2. The number of hydrogen-bond donors (Lipinski definition) is 0. The van der Waals surface area contributed by atoms with Gasteiger partial charge in [0.25, 0.3) is 0 Å². The van der Waals surface area contributed by atoms with Crippen molar-refractivity contribution in [2.75, 3.05) is 29.4 Å². The van der Waals surface area contributed by atoms with Crippen LogP contribution in [0.2, 0.25) is 0 Å². The van der Waals surface area contributed by atoms with Crippen molar-refractivity contribution in [2.24, 2.45) is 5.92 Å². The predicted molar refractivity (Wildman–Crippen MR) is 102 cm³/mol. The lowest BCUT2D eigenvalue weighted by Crippen LogP contribution is -2.36. The van der Waals surface area contributed by atoms with E-state index in [4.69, 9.17) is 4.98 Å². The maximum atomic E-state index is 13.2. The number of amides is 1. The highest BCUT2D eigenvalue weighted by Crippen LogP contribution is 2.34. The third-order valence-corrected chi connectivity index (χ3v) is 6.01. The van der Waals surface area contributed by atoms with Gasteiger partial charge in [-0.05, 0) is 50.7 Å². The van der Waals surface area contributed by atoms with Crippen LogP contribution < -0.4 is 9.80 Å². The topological polar surface area (TPSA) is 49.3 Å². The van der Waals surface area contributed by atoms with E-state index in [0.29, 0.717) is 0 Å². The van der Waals surface area contributed by atoms with Gasteiger partial charge >= 0.3 is 0 Å². The van der Waals surface area contributed by atoms with Crippen molar-refractivity contribution in [1.82, 2.24) is 9.97 Å². The highest BCUT2D eigenvalue weighted by molar-refractivity contribution is 5.97. The lowest BCUT2D eigenvalue weighted by molar-refractivity contribution is -0.121. The van der Waals surface area contributed by atoms with Crippen molar-refractivity contribution in [3.8, 4) is 0 Å². The summed E-state index contributed by atoms with van der Waals surface area (Å²) < 4.78 is 0. The van der Waals surface area contributed by atoms with E-state index in [2.05, 4.69) is 28.1 Å². The Morgan fingerprint density at radius 2 is 2.00 bits per heavy atom. The van der Waals surface area contributed by atoms with Crippen molar-refractivity contribution >= 4 is 17.4 Å². The number of anilines is 2. The van der Waals surface area contributed by atoms with Gasteiger partial charge in [0.2, 0.25) is 5.91 Å². The molecule has 1 amide bonds. The van der Waals surface area contributed by atoms with E-state index in [-0.39, 0.29) is 11.8 Å². The predicted octanol–water partition coefficient (Wildman–Crippen LogP) is 2.69. The molecule has 1 unspecified atom stereocenters. The Labute approximate surface area is 154 Å². The molecule has 0 bridgehead atoms. The van der Waals surface area contributed by atoms with Crippen LogP contribution in [0.25, 0.3) is 0 Å². The van der Waals surface area contributed by atoms with Crippen LogP contribution in [0.15, 0.2) is 24.3 Å². The minimum Gasteiger partial charge on any atom is -0.355 e. The summed E-state index contributed by atoms with van der Waals surface area (Å²) in [5.74, 6) is 2.28. The quantitative estimate of drug-likeness (QED) is 0.837. The molecule has 5 rings (SSSR count). The zero-order valence-electron chi connectivity index (χ0n) is 15.2. The molecule has 1 aliphatic carbocycles. The summed E-state index contributed by atoms with van der Waals surface area (Å²) in [5, 5.41) is 0. The Morgan fingerprint density at radius 1 is 1.12 bits per heavy atom. The molecule has 1 aromatic carbocycles. The van der Waals surface area contributed by atoms with Gasteiger partial charge in [0.1, 0.15) is 11.6 Å². The molecule has 0 saturated carbocycles. The standard InChI is InChI=1S/C21H24N4O/c1-14-22-18-7-4-6-17(18)20(23-14)24-11-9-16(13-24)21(26)25-12-10-15-5-2-3-8-19(15)25/h2-3,5,8,16H,4,6-7,9-13H2,1H3. The Kier molecular flexibility index (Phi) is 3.69. The fourth-order valence-electron chi connectivity index (χ4n) is 4.74. The molecule has 2 aromatic rings. The number of rotatable bonds is 2. The lowest BCUT2D eigenvalue weighted by atomic mass is 10.1. The van der Waals surface area contributed by atoms with E-state index in [0.717, 1.165) is 62.6 Å². The summed E-state index contributed by atoms with van der Waals surface area (Å²) in [6, 6.07) is 8.30. The fraction of sp³-hybridized carbons (Fsp3) is 0.476. The maximum absolute atomic E-state index is 13.2. The largest absolute Gasteiger partial charge is 0.355 e. The first-order chi connectivity index (χ1) is 12.7. The molecule has 134 valence electrons. The number of carbonyl (C=O) groups excluding carboxylic acids is 1. The van der Waals surface area contributed by atoms with Crippen LogP contribution in [-0.2, 0) is 24.1 Å². The van der Waals surface area contributed by atoms with Gasteiger partial charge in [-0.1, -0.05) is 18.2 Å². The number of hydrogen-bond acceptors (Lipinski definition) is 4. The average Bonchev–Trinajstić information content (AvgIpc) is 3.38. The summed E-state index contributed by atoms with van der Waals surface area (Å²) in [7, 11) is 0. The van der Waals surface area contributed by atoms with E-state index in [1.165, 1.54) is 23.2 Å². The molecule has 5 nitrogen and oxygen atoms in total. The van der Waals surface area contributed by atoms with Crippen LogP contribution in [0.3, 0.4) is 0 Å². The molecular weight excluding hydrogens is 324 g/mol. The summed E-state index contributed by atoms with van der Waals surface area (Å²) >= 11 is 0. The second-order valence-corrected chi connectivity index (χ2v) is 7.67. The molecule has 5 heteroatoms. The van der Waals surface area contributed by atoms with E-state index >= 15 is 0 Å². The molecule has 1 atom stereocenters. The lowest BCUT2D eigenvalue weighted by Gasteiger charge is -2.23. The molecule has 3 heterocycles. The van der Waals surface area contributed by atoms with Crippen molar-refractivity contribution in [3.63, 3.8) is 0 Å². The van der Waals surface area contributed by atoms with E-state index < -0.39 is 0 Å². The average molecular weight is 348 g/mol. The minimum atomic E-state index is 0.0634. The van der Waals surface area contributed by atoms with Crippen molar-refractivity contribution < 1.29 is 4.79 Å². The van der Waals surface area contributed by atoms with Gasteiger partial charge in [0.15, 0.2) is 0 Å². The number of aryl methyl sites for hydroxylation is 2. The second kappa shape index (κ2) is 6.08. The number of carbonyl (C=O) groups is 1. The Balaban J connectivity index is 1.37. The molecule has 1 aromatic heterocycles. The Hall–Kier alpha value is -2.43. The first-order valence-electron chi connectivity index (χ1n) is 9.71. The first kappa shape index (κ1) is 15.8. The zero-order valence-corrected chi connectivity index (χ0v) is 15.2. The molecule has 3 aliphatic rings. The maximum Gasteiger partial charge on any atom is 0.231 e. The van der Waals surface area contributed by atoms with Gasteiger partial charge in [-0.15, -0.1) is 0 Å². The Bertz CT molecular complexity index is 878. The van der Waals surface area contributed by atoms with Gasteiger partial charge in [0.05, 0.1) is 5.92 Å². The second-order valence-electron chi connectivity index (χ2n) is 7.67. The van der Waals surface area contributed by atoms with Crippen molar-refractivity contribution in [1.29, 1.82) is 0 Å². The van der Waals surface area contributed by atoms with Gasteiger partial charge in [-0.25, -0.2) is 9.97 Å². The highest BCUT2D eigenvalue weighted by Gasteiger charge is 2.36. The van der Waals surface area contributed by atoms with Crippen LogP contribution in [0.5, 0.6) is 0 Å². The number of aromatic nitrogens is 2. The molecular formula is C21H24N4O. The van der Waals surface area contributed by atoms with E-state index in [1.807, 2.05) is 17.9 Å². The summed E-state index contributed by atoms with van der Waals surface area (Å²) in [5.41, 5.74) is 4.93. The molecule has 1 fully saturated rings. The van der Waals surface area contributed by atoms with Gasteiger partial charge in [-0.3, -0.25) is 4.79 Å². The summed E-state index contributed by atoms with van der Waals surface area (Å²) in [6.45, 7) is 4.48. The number of para-hydroxylation sites is 1. The summed E-state index contributed by atoms with van der Waals surface area (Å²) in [6.07, 6.45) is 5.18. The van der Waals surface area contributed by atoms with Gasteiger partial charge in [0, 0.05) is 36.6 Å². The first-order valence-corrected chi connectivity index (χ1v) is 9.71. The Morgan fingerprint density at radius 3 is 2.92 bits per heavy atom. The van der Waals surface area contributed by atoms with Crippen LogP contribution in [0.1, 0.15) is 35.5 Å². The van der Waals surface area contributed by atoms with Crippen LogP contribution in [-0.4, -0.2) is 35.5 Å². The number of nitrogens with zero attached hydrogens (tertiary/aromatic N) is 4. The fourth-order valence-corrected chi connectivity index (χ4v) is 4.74.